The highest BCUT2D eigenvalue weighted by Crippen LogP contribution is 2.16. The van der Waals surface area contributed by atoms with Gasteiger partial charge in [-0.1, -0.05) is 30.0 Å². The molecule has 1 aromatic carbocycles. The number of aliphatic imine (C=N–C) groups is 1. The Morgan fingerprint density at radius 1 is 1.07 bits per heavy atom. The molecule has 4 heteroatoms. The van der Waals surface area contributed by atoms with Crippen LogP contribution in [0.3, 0.4) is 0 Å². The van der Waals surface area contributed by atoms with Crippen molar-refractivity contribution in [3.8, 4) is 0 Å². The van der Waals surface area contributed by atoms with Crippen molar-refractivity contribution in [3.63, 3.8) is 0 Å². The number of hydrogen-bond donors (Lipinski definition) is 0. The van der Waals surface area contributed by atoms with Crippen LogP contribution in [0.15, 0.2) is 58.9 Å². The first-order valence-electron chi connectivity index (χ1n) is 4.44. The molecule has 0 radical (unpaired) electrons. The number of thioether (sulfide) groups is 1. The Morgan fingerprint density at radius 3 is 2.53 bits per heavy atom. The van der Waals surface area contributed by atoms with Crippen molar-refractivity contribution in [3.05, 3.63) is 49.1 Å². The Kier molecular flexibility index (Phi) is 3.46. The second-order valence-corrected chi connectivity index (χ2v) is 3.68. The molecule has 0 saturated carbocycles. The van der Waals surface area contributed by atoms with Gasteiger partial charge in [-0.15, -0.1) is 0 Å². The summed E-state index contributed by atoms with van der Waals surface area (Å²) in [5, 5.41) is 0. The molecular weight excluding hydrogens is 206 g/mol. The summed E-state index contributed by atoms with van der Waals surface area (Å²) in [6.07, 6.45) is 4.84. The molecule has 74 valence electrons. The molecule has 3 nitrogen and oxygen atoms in total. The van der Waals surface area contributed by atoms with Crippen molar-refractivity contribution in [2.75, 3.05) is 0 Å². The molecular formula is C11H9N3S. The molecule has 2 rings (SSSR count). The van der Waals surface area contributed by atoms with Crippen LogP contribution in [0.25, 0.3) is 0 Å². The Labute approximate surface area is 92.3 Å². The molecule has 0 N–H and O–H groups in total. The summed E-state index contributed by atoms with van der Waals surface area (Å²) in [4.78, 5) is 13.1. The van der Waals surface area contributed by atoms with E-state index in [9.17, 15) is 0 Å². The minimum absolute atomic E-state index is 0.765. The number of rotatable bonds is 3. The highest BCUT2D eigenvalue weighted by atomic mass is 32.2. The lowest BCUT2D eigenvalue weighted by atomic mass is 10.4. The quantitative estimate of drug-likeness (QED) is 0.449. The second-order valence-electron chi connectivity index (χ2n) is 2.76. The smallest absolute Gasteiger partial charge is 0.115 e. The van der Waals surface area contributed by atoms with Crippen LogP contribution in [0.5, 0.6) is 0 Å². The van der Waals surface area contributed by atoms with E-state index in [1.165, 1.54) is 6.33 Å². The van der Waals surface area contributed by atoms with Gasteiger partial charge >= 0.3 is 0 Å². The maximum Gasteiger partial charge on any atom is 0.115 e. The molecule has 0 aliphatic heterocycles. The first-order valence-corrected chi connectivity index (χ1v) is 5.32. The lowest BCUT2D eigenvalue weighted by Gasteiger charge is -1.93. The van der Waals surface area contributed by atoms with Gasteiger partial charge in [0, 0.05) is 4.90 Å². The Morgan fingerprint density at radius 2 is 1.80 bits per heavy atom. The average molecular weight is 215 g/mol. The lowest BCUT2D eigenvalue weighted by molar-refractivity contribution is 1.16. The fourth-order valence-electron chi connectivity index (χ4n) is 1.01. The van der Waals surface area contributed by atoms with E-state index in [1.54, 1.807) is 29.7 Å². The zero-order chi connectivity index (χ0) is 10.3. The molecule has 1 aromatic heterocycles. The van der Waals surface area contributed by atoms with Gasteiger partial charge in [0.05, 0.1) is 17.9 Å². The van der Waals surface area contributed by atoms with E-state index in [0.717, 1.165) is 10.6 Å². The summed E-state index contributed by atoms with van der Waals surface area (Å²) < 4.78 is 0. The third-order valence-corrected chi connectivity index (χ3v) is 2.44. The number of nitrogens with zero attached hydrogens (tertiary/aromatic N) is 3. The van der Waals surface area contributed by atoms with Crippen molar-refractivity contribution in [1.29, 1.82) is 0 Å². The van der Waals surface area contributed by atoms with Crippen LogP contribution in [0.4, 0.5) is 5.69 Å². The van der Waals surface area contributed by atoms with Gasteiger partial charge in [0.2, 0.25) is 0 Å². The second kappa shape index (κ2) is 5.26. The first-order chi connectivity index (χ1) is 7.45. The summed E-state index contributed by atoms with van der Waals surface area (Å²) in [7, 11) is 0. The molecule has 1 heterocycles. The van der Waals surface area contributed by atoms with Crippen molar-refractivity contribution < 1.29 is 0 Å². The standard InChI is InChI=1S/C11H9N3S/c1-2-4-11(5-3-1)15-9-14-10-6-12-8-13-7-10/h1-9H/b14-9-. The third-order valence-electron chi connectivity index (χ3n) is 1.68. The summed E-state index contributed by atoms with van der Waals surface area (Å²) in [5.41, 5.74) is 2.55. The van der Waals surface area contributed by atoms with Crippen LogP contribution < -0.4 is 0 Å². The highest BCUT2D eigenvalue weighted by molar-refractivity contribution is 8.12. The molecule has 0 spiro atoms. The Bertz CT molecular complexity index is 428. The molecule has 0 bridgehead atoms. The average Bonchev–Trinajstić information content (AvgIpc) is 2.32. The molecule has 0 unspecified atom stereocenters. The van der Waals surface area contributed by atoms with Crippen molar-refractivity contribution >= 4 is 23.0 Å². The summed E-state index contributed by atoms with van der Waals surface area (Å²) in [6.45, 7) is 0. The van der Waals surface area contributed by atoms with E-state index in [1.807, 2.05) is 30.3 Å². The van der Waals surface area contributed by atoms with E-state index < -0.39 is 0 Å². The van der Waals surface area contributed by atoms with Gasteiger partial charge in [0.25, 0.3) is 0 Å². The summed E-state index contributed by atoms with van der Waals surface area (Å²) in [5.74, 6) is 0. The first kappa shape index (κ1) is 9.86. The van der Waals surface area contributed by atoms with Crippen LogP contribution in [-0.4, -0.2) is 15.5 Å². The maximum atomic E-state index is 4.21. The molecule has 0 fully saturated rings. The predicted octanol–water partition coefficient (Wildman–Crippen LogP) is 2.93. The molecule has 0 amide bonds. The Balaban J connectivity index is 1.97. The Hall–Kier alpha value is -1.68. The molecule has 2 aromatic rings. The van der Waals surface area contributed by atoms with Gasteiger partial charge in [-0.3, -0.25) is 0 Å². The van der Waals surface area contributed by atoms with Crippen molar-refractivity contribution in [2.45, 2.75) is 4.90 Å². The predicted molar refractivity (Wildman–Crippen MR) is 62.5 cm³/mol. The minimum Gasteiger partial charge on any atom is -0.246 e. The monoisotopic (exact) mass is 215 g/mol. The van der Waals surface area contributed by atoms with Crippen LogP contribution >= 0.6 is 11.8 Å². The van der Waals surface area contributed by atoms with Gasteiger partial charge in [0.1, 0.15) is 12.0 Å². The zero-order valence-corrected chi connectivity index (χ0v) is 8.76. The highest BCUT2D eigenvalue weighted by Gasteiger charge is 1.88. The molecule has 0 aliphatic carbocycles. The van der Waals surface area contributed by atoms with E-state index in [2.05, 4.69) is 15.0 Å². The third kappa shape index (κ3) is 3.18. The summed E-state index contributed by atoms with van der Waals surface area (Å²) >= 11 is 1.57. The fourth-order valence-corrected chi connectivity index (χ4v) is 1.62. The van der Waals surface area contributed by atoms with Gasteiger partial charge in [0.15, 0.2) is 0 Å². The number of hydrogen-bond acceptors (Lipinski definition) is 4. The lowest BCUT2D eigenvalue weighted by Crippen LogP contribution is -1.74. The number of benzene rings is 1. The topological polar surface area (TPSA) is 38.1 Å². The van der Waals surface area contributed by atoms with E-state index in [0.29, 0.717) is 0 Å². The van der Waals surface area contributed by atoms with Crippen LogP contribution in [0.1, 0.15) is 0 Å². The van der Waals surface area contributed by atoms with Gasteiger partial charge in [-0.2, -0.15) is 0 Å². The number of aromatic nitrogens is 2. The van der Waals surface area contributed by atoms with Gasteiger partial charge in [-0.25, -0.2) is 15.0 Å². The van der Waals surface area contributed by atoms with Crippen LogP contribution in [0.2, 0.25) is 0 Å². The van der Waals surface area contributed by atoms with E-state index in [-0.39, 0.29) is 0 Å². The molecule has 15 heavy (non-hydrogen) atoms. The molecule has 0 saturated heterocycles. The fraction of sp³-hybridized carbons (Fsp3) is 0. The van der Waals surface area contributed by atoms with Crippen molar-refractivity contribution in [2.24, 2.45) is 4.99 Å². The van der Waals surface area contributed by atoms with Crippen LogP contribution in [-0.2, 0) is 0 Å². The van der Waals surface area contributed by atoms with Crippen LogP contribution in [0, 0.1) is 0 Å². The van der Waals surface area contributed by atoms with E-state index >= 15 is 0 Å². The normalized spacial score (nSPS) is 10.7. The molecule has 0 aliphatic rings. The van der Waals surface area contributed by atoms with Gasteiger partial charge in [-0.05, 0) is 12.1 Å². The largest absolute Gasteiger partial charge is 0.246 e. The zero-order valence-electron chi connectivity index (χ0n) is 7.95. The minimum atomic E-state index is 0.765. The summed E-state index contributed by atoms with van der Waals surface area (Å²) in [6, 6.07) is 10.1. The van der Waals surface area contributed by atoms with Gasteiger partial charge < -0.3 is 0 Å². The van der Waals surface area contributed by atoms with E-state index in [4.69, 9.17) is 0 Å². The maximum absolute atomic E-state index is 4.21. The van der Waals surface area contributed by atoms with Crippen molar-refractivity contribution in [1.82, 2.24) is 9.97 Å². The molecule has 0 atom stereocenters. The SMILES string of the molecule is C(=N/c1cncnc1)/Sc1ccccc1.